The molecule has 0 radical (unpaired) electrons. The third-order valence-corrected chi connectivity index (χ3v) is 3.90. The maximum Gasteiger partial charge on any atom is 0.340 e. The van der Waals surface area contributed by atoms with E-state index in [4.69, 9.17) is 9.47 Å². The van der Waals surface area contributed by atoms with Gasteiger partial charge in [0.25, 0.3) is 0 Å². The molecule has 6 heteroatoms. The Labute approximate surface area is 131 Å². The zero-order chi connectivity index (χ0) is 15.7. The predicted molar refractivity (Wildman–Crippen MR) is 82.6 cm³/mol. The Morgan fingerprint density at radius 2 is 2.00 bits per heavy atom. The van der Waals surface area contributed by atoms with Crippen LogP contribution in [0.5, 0.6) is 5.75 Å². The maximum absolute atomic E-state index is 12.2. The van der Waals surface area contributed by atoms with Gasteiger partial charge in [0.15, 0.2) is 0 Å². The number of rotatable bonds is 3. The molecule has 112 valence electrons. The Kier molecular flexibility index (Phi) is 4.37. The number of hydrogen-bond acceptors (Lipinski definition) is 4. The van der Waals surface area contributed by atoms with E-state index in [9.17, 15) is 9.59 Å². The molecule has 0 aliphatic heterocycles. The summed E-state index contributed by atoms with van der Waals surface area (Å²) in [6.07, 6.45) is 0. The van der Waals surface area contributed by atoms with Crippen LogP contribution < -0.4 is 4.74 Å². The van der Waals surface area contributed by atoms with Crippen molar-refractivity contribution in [2.75, 3.05) is 6.61 Å². The summed E-state index contributed by atoms with van der Waals surface area (Å²) < 4.78 is 12.8. The quantitative estimate of drug-likeness (QED) is 0.627. The van der Waals surface area contributed by atoms with E-state index in [1.165, 1.54) is 6.92 Å². The second-order valence-corrected chi connectivity index (χ2v) is 5.49. The van der Waals surface area contributed by atoms with E-state index in [0.717, 1.165) is 11.2 Å². The number of carbonyl (C=O) groups excluding carboxylic acids is 2. The molecule has 2 rings (SSSR count). The lowest BCUT2D eigenvalue weighted by Crippen LogP contribution is -2.06. The molecule has 0 unspecified atom stereocenters. The highest BCUT2D eigenvalue weighted by Gasteiger charge is 2.21. The summed E-state index contributed by atoms with van der Waals surface area (Å²) in [5.74, 6) is -0.414. The Hall–Kier alpha value is -1.82. The van der Waals surface area contributed by atoms with Gasteiger partial charge in [0.05, 0.1) is 22.2 Å². The summed E-state index contributed by atoms with van der Waals surface area (Å²) in [6, 6.07) is 3.50. The van der Waals surface area contributed by atoms with Gasteiger partial charge in [0.2, 0.25) is 0 Å². The summed E-state index contributed by atoms with van der Waals surface area (Å²) in [6.45, 7) is 5.26. The number of benzene rings is 1. The third kappa shape index (κ3) is 2.81. The number of aromatic nitrogens is 1. The van der Waals surface area contributed by atoms with Gasteiger partial charge in [-0.05, 0) is 41.9 Å². The number of nitrogens with zero attached hydrogens (tertiary/aromatic N) is 1. The van der Waals surface area contributed by atoms with E-state index in [2.05, 4.69) is 15.9 Å². The van der Waals surface area contributed by atoms with Gasteiger partial charge in [-0.1, -0.05) is 0 Å². The molecule has 0 N–H and O–H groups in total. The fraction of sp³-hybridized carbons (Fsp3) is 0.333. The maximum atomic E-state index is 12.2. The van der Waals surface area contributed by atoms with Crippen LogP contribution in [0.4, 0.5) is 0 Å². The first-order chi connectivity index (χ1) is 9.86. The molecule has 0 bridgehead atoms. The minimum Gasteiger partial charge on any atom is -0.462 e. The number of ether oxygens (including phenoxy) is 2. The molecular formula is C15H16BrNO4. The van der Waals surface area contributed by atoms with Crippen LogP contribution in [0.15, 0.2) is 16.6 Å². The van der Waals surface area contributed by atoms with Gasteiger partial charge in [-0.3, -0.25) is 4.79 Å². The number of aryl methyl sites for hydroxylation is 1. The van der Waals surface area contributed by atoms with Crippen molar-refractivity contribution >= 4 is 38.8 Å². The molecule has 0 saturated heterocycles. The summed E-state index contributed by atoms with van der Waals surface area (Å²) in [4.78, 5) is 23.3. The summed E-state index contributed by atoms with van der Waals surface area (Å²) in [5.41, 5.74) is 2.16. The Bertz CT molecular complexity index is 733. The largest absolute Gasteiger partial charge is 0.462 e. The molecule has 2 aromatic rings. The number of fused-ring (bicyclic) bond motifs is 1. The first kappa shape index (κ1) is 15.6. The molecule has 1 heterocycles. The van der Waals surface area contributed by atoms with E-state index in [1.54, 1.807) is 13.0 Å². The Morgan fingerprint density at radius 1 is 1.33 bits per heavy atom. The van der Waals surface area contributed by atoms with Crippen LogP contribution >= 0.6 is 15.9 Å². The lowest BCUT2D eigenvalue weighted by Gasteiger charge is -2.06. The lowest BCUT2D eigenvalue weighted by atomic mass is 10.1. The molecule has 0 aliphatic carbocycles. The van der Waals surface area contributed by atoms with Gasteiger partial charge in [0, 0.05) is 25.1 Å². The van der Waals surface area contributed by atoms with Crippen LogP contribution in [0.3, 0.4) is 0 Å². The molecule has 0 fully saturated rings. The number of halogens is 1. The molecule has 21 heavy (non-hydrogen) atoms. The van der Waals surface area contributed by atoms with E-state index >= 15 is 0 Å². The number of esters is 2. The van der Waals surface area contributed by atoms with Crippen LogP contribution in [0.2, 0.25) is 0 Å². The van der Waals surface area contributed by atoms with Crippen LogP contribution in [0.25, 0.3) is 10.9 Å². The molecule has 5 nitrogen and oxygen atoms in total. The van der Waals surface area contributed by atoms with Gasteiger partial charge in [-0.2, -0.15) is 0 Å². The summed E-state index contributed by atoms with van der Waals surface area (Å²) in [7, 11) is 1.87. The van der Waals surface area contributed by atoms with Gasteiger partial charge in [-0.15, -0.1) is 0 Å². The van der Waals surface area contributed by atoms with Crippen LogP contribution in [-0.4, -0.2) is 23.1 Å². The SMILES string of the molecule is CCOC(=O)c1c(C)n(C)c2cc(Br)c(OC(C)=O)cc12. The highest BCUT2D eigenvalue weighted by Crippen LogP contribution is 2.35. The van der Waals surface area contributed by atoms with Gasteiger partial charge < -0.3 is 14.0 Å². The van der Waals surface area contributed by atoms with Crippen molar-refractivity contribution in [3.63, 3.8) is 0 Å². The van der Waals surface area contributed by atoms with Crippen molar-refractivity contribution in [1.29, 1.82) is 0 Å². The topological polar surface area (TPSA) is 57.5 Å². The standard InChI is InChI=1S/C15H16BrNO4/c1-5-20-15(19)14-8(2)17(4)12-7-11(16)13(6-10(12)14)21-9(3)18/h6-7H,5H2,1-4H3. The smallest absolute Gasteiger partial charge is 0.340 e. The van der Waals surface area contributed by atoms with Gasteiger partial charge >= 0.3 is 11.9 Å². The minimum absolute atomic E-state index is 0.308. The van der Waals surface area contributed by atoms with Crippen LogP contribution in [0.1, 0.15) is 29.9 Å². The van der Waals surface area contributed by atoms with Crippen molar-refractivity contribution < 1.29 is 19.1 Å². The third-order valence-electron chi connectivity index (χ3n) is 3.28. The molecular weight excluding hydrogens is 338 g/mol. The van der Waals surface area contributed by atoms with E-state index in [0.29, 0.717) is 27.8 Å². The second-order valence-electron chi connectivity index (χ2n) is 4.63. The summed E-state index contributed by atoms with van der Waals surface area (Å²) >= 11 is 3.37. The van der Waals surface area contributed by atoms with Crippen LogP contribution in [0, 0.1) is 6.92 Å². The van der Waals surface area contributed by atoms with Crippen molar-refractivity contribution in [3.05, 3.63) is 27.9 Å². The molecule has 0 spiro atoms. The zero-order valence-electron chi connectivity index (χ0n) is 12.3. The molecule has 1 aromatic heterocycles. The average molecular weight is 354 g/mol. The molecule has 0 atom stereocenters. The van der Waals surface area contributed by atoms with Gasteiger partial charge in [-0.25, -0.2) is 4.79 Å². The molecule has 1 aromatic carbocycles. The van der Waals surface area contributed by atoms with E-state index in [1.807, 2.05) is 24.6 Å². The van der Waals surface area contributed by atoms with Crippen molar-refractivity contribution in [1.82, 2.24) is 4.57 Å². The number of carbonyl (C=O) groups is 2. The minimum atomic E-state index is -0.416. The van der Waals surface area contributed by atoms with E-state index in [-0.39, 0.29) is 5.97 Å². The fourth-order valence-electron chi connectivity index (χ4n) is 2.26. The first-order valence-corrected chi connectivity index (χ1v) is 7.30. The Balaban J connectivity index is 2.71. The zero-order valence-corrected chi connectivity index (χ0v) is 13.9. The van der Waals surface area contributed by atoms with Crippen molar-refractivity contribution in [2.24, 2.45) is 7.05 Å². The predicted octanol–water partition coefficient (Wildman–Crippen LogP) is 3.35. The van der Waals surface area contributed by atoms with Crippen molar-refractivity contribution in [2.45, 2.75) is 20.8 Å². The van der Waals surface area contributed by atoms with Crippen molar-refractivity contribution in [3.8, 4) is 5.75 Å². The average Bonchev–Trinajstić information content (AvgIpc) is 2.63. The lowest BCUT2D eigenvalue weighted by molar-refractivity contribution is -0.131. The number of hydrogen-bond donors (Lipinski definition) is 0. The van der Waals surface area contributed by atoms with E-state index < -0.39 is 5.97 Å². The monoisotopic (exact) mass is 353 g/mol. The fourth-order valence-corrected chi connectivity index (χ4v) is 2.67. The molecule has 0 saturated carbocycles. The second kappa shape index (κ2) is 5.89. The molecule has 0 amide bonds. The highest BCUT2D eigenvalue weighted by atomic mass is 79.9. The highest BCUT2D eigenvalue weighted by molar-refractivity contribution is 9.10. The van der Waals surface area contributed by atoms with Crippen LogP contribution in [-0.2, 0) is 16.6 Å². The van der Waals surface area contributed by atoms with Gasteiger partial charge in [0.1, 0.15) is 5.75 Å². The summed E-state index contributed by atoms with van der Waals surface area (Å²) in [5, 5.41) is 0.702. The normalized spacial score (nSPS) is 10.7. The first-order valence-electron chi connectivity index (χ1n) is 6.50. The molecule has 0 aliphatic rings. The Morgan fingerprint density at radius 3 is 2.57 bits per heavy atom.